The van der Waals surface area contributed by atoms with Gasteiger partial charge >= 0.3 is 0 Å². The fraction of sp³-hybridized carbons (Fsp3) is 0.250. The Morgan fingerprint density at radius 1 is 1.24 bits per heavy atom. The molecule has 5 nitrogen and oxygen atoms in total. The van der Waals surface area contributed by atoms with Gasteiger partial charge in [-0.1, -0.05) is 6.92 Å². The van der Waals surface area contributed by atoms with Gasteiger partial charge in [0.25, 0.3) is 0 Å². The summed E-state index contributed by atoms with van der Waals surface area (Å²) < 4.78 is 1.83. The van der Waals surface area contributed by atoms with Crippen molar-refractivity contribution in [2.24, 2.45) is 7.05 Å². The first-order valence-corrected chi connectivity index (χ1v) is 7.03. The van der Waals surface area contributed by atoms with Gasteiger partial charge in [-0.05, 0) is 31.5 Å². The van der Waals surface area contributed by atoms with Crippen molar-refractivity contribution in [3.63, 3.8) is 0 Å². The molecule has 0 aliphatic heterocycles. The Bertz CT molecular complexity index is 804. The van der Waals surface area contributed by atoms with Gasteiger partial charge in [0.15, 0.2) is 0 Å². The Kier molecular flexibility index (Phi) is 3.25. The molecule has 2 aromatic heterocycles. The molecule has 0 amide bonds. The second-order valence-electron chi connectivity index (χ2n) is 5.22. The smallest absolute Gasteiger partial charge is 0.0856 e. The van der Waals surface area contributed by atoms with Crippen LogP contribution in [0.2, 0.25) is 0 Å². The third kappa shape index (κ3) is 2.42. The van der Waals surface area contributed by atoms with Crippen molar-refractivity contribution in [2.75, 3.05) is 11.1 Å². The van der Waals surface area contributed by atoms with Gasteiger partial charge in [-0.25, -0.2) is 0 Å². The van der Waals surface area contributed by atoms with E-state index < -0.39 is 0 Å². The van der Waals surface area contributed by atoms with Gasteiger partial charge in [-0.3, -0.25) is 9.67 Å². The Morgan fingerprint density at radius 2 is 2.05 bits per heavy atom. The number of benzene rings is 1. The molecule has 0 saturated heterocycles. The molecule has 0 aliphatic carbocycles. The molecule has 0 radical (unpaired) electrons. The highest BCUT2D eigenvalue weighted by molar-refractivity contribution is 6.01. The molecule has 21 heavy (non-hydrogen) atoms. The van der Waals surface area contributed by atoms with Crippen LogP contribution in [0, 0.1) is 6.92 Å². The molecule has 0 aliphatic rings. The summed E-state index contributed by atoms with van der Waals surface area (Å²) in [5.74, 6) is 0. The number of nitrogens with zero attached hydrogens (tertiary/aromatic N) is 3. The highest BCUT2D eigenvalue weighted by Crippen LogP contribution is 2.31. The summed E-state index contributed by atoms with van der Waals surface area (Å²) in [6.45, 7) is 4.08. The lowest BCUT2D eigenvalue weighted by atomic mass is 10.1. The molecule has 1 aromatic carbocycles. The van der Waals surface area contributed by atoms with Crippen LogP contribution in [0.3, 0.4) is 0 Å². The summed E-state index contributed by atoms with van der Waals surface area (Å²) in [6, 6.07) is 5.96. The molecule has 3 N–H and O–H groups in total. The topological polar surface area (TPSA) is 68.8 Å². The zero-order valence-electron chi connectivity index (χ0n) is 12.5. The monoisotopic (exact) mass is 281 g/mol. The third-order valence-electron chi connectivity index (χ3n) is 3.58. The number of anilines is 3. The number of nitrogens with two attached hydrogens (primary N) is 1. The van der Waals surface area contributed by atoms with Gasteiger partial charge in [0, 0.05) is 47.3 Å². The maximum atomic E-state index is 6.04. The Morgan fingerprint density at radius 3 is 2.81 bits per heavy atom. The molecule has 0 bridgehead atoms. The first-order chi connectivity index (χ1) is 10.1. The maximum Gasteiger partial charge on any atom is 0.0856 e. The molecule has 2 heterocycles. The second-order valence-corrected chi connectivity index (χ2v) is 5.22. The average molecular weight is 281 g/mol. The van der Waals surface area contributed by atoms with Crippen molar-refractivity contribution in [2.45, 2.75) is 20.3 Å². The fourth-order valence-electron chi connectivity index (χ4n) is 2.52. The summed E-state index contributed by atoms with van der Waals surface area (Å²) in [4.78, 5) is 4.33. The second kappa shape index (κ2) is 5.09. The Labute approximate surface area is 123 Å². The highest BCUT2D eigenvalue weighted by atomic mass is 15.3. The number of rotatable bonds is 3. The van der Waals surface area contributed by atoms with Crippen LogP contribution in [0.4, 0.5) is 17.1 Å². The van der Waals surface area contributed by atoms with E-state index >= 15 is 0 Å². The molecule has 0 fully saturated rings. The molecular weight excluding hydrogens is 262 g/mol. The number of fused-ring (bicyclic) bond motifs is 1. The molecule has 0 spiro atoms. The molecule has 3 rings (SSSR count). The van der Waals surface area contributed by atoms with Gasteiger partial charge < -0.3 is 11.1 Å². The molecular formula is C16H19N5. The van der Waals surface area contributed by atoms with Gasteiger partial charge in [0.05, 0.1) is 11.4 Å². The van der Waals surface area contributed by atoms with E-state index in [1.54, 1.807) is 0 Å². The minimum atomic E-state index is 0.741. The number of aryl methyl sites for hydroxylation is 3. The number of aromatic nitrogens is 3. The number of pyridine rings is 1. The van der Waals surface area contributed by atoms with Gasteiger partial charge in [-0.15, -0.1) is 0 Å². The van der Waals surface area contributed by atoms with E-state index in [0.29, 0.717) is 0 Å². The molecule has 5 heteroatoms. The van der Waals surface area contributed by atoms with E-state index in [-0.39, 0.29) is 0 Å². The van der Waals surface area contributed by atoms with E-state index in [1.807, 2.05) is 43.2 Å². The Balaban J connectivity index is 2.12. The Hall–Kier alpha value is -2.56. The standard InChI is InChI=1S/C16H19N5/c1-4-14-16(9-21(3)20-14)19-15-6-5-13(17)12-8-18-10(2)7-11(12)15/h5-9,19H,4,17H2,1-3H3. The van der Waals surface area contributed by atoms with Crippen molar-refractivity contribution in [1.82, 2.24) is 14.8 Å². The number of nitrogen functional groups attached to an aromatic ring is 1. The van der Waals surface area contributed by atoms with Crippen molar-refractivity contribution in [3.05, 3.63) is 42.0 Å². The van der Waals surface area contributed by atoms with Crippen LogP contribution in [-0.2, 0) is 13.5 Å². The highest BCUT2D eigenvalue weighted by Gasteiger charge is 2.10. The van der Waals surface area contributed by atoms with Gasteiger partial charge in [0.2, 0.25) is 0 Å². The summed E-state index contributed by atoms with van der Waals surface area (Å²) in [5.41, 5.74) is 10.9. The van der Waals surface area contributed by atoms with Gasteiger partial charge in [-0.2, -0.15) is 5.10 Å². The number of hydrogen-bond acceptors (Lipinski definition) is 4. The summed E-state index contributed by atoms with van der Waals surface area (Å²) in [7, 11) is 1.93. The average Bonchev–Trinajstić information content (AvgIpc) is 2.82. The first kappa shape index (κ1) is 13.4. The zero-order valence-corrected chi connectivity index (χ0v) is 12.5. The van der Waals surface area contributed by atoms with Crippen molar-refractivity contribution >= 4 is 27.8 Å². The van der Waals surface area contributed by atoms with E-state index in [2.05, 4.69) is 28.4 Å². The normalized spacial score (nSPS) is 11.0. The molecule has 3 aromatic rings. The van der Waals surface area contributed by atoms with E-state index in [1.165, 1.54) is 0 Å². The molecule has 108 valence electrons. The SMILES string of the molecule is CCc1nn(C)cc1Nc1ccc(N)c2cnc(C)cc12. The van der Waals surface area contributed by atoms with Crippen LogP contribution in [-0.4, -0.2) is 14.8 Å². The predicted octanol–water partition coefficient (Wildman–Crippen LogP) is 3.16. The number of hydrogen-bond donors (Lipinski definition) is 2. The van der Waals surface area contributed by atoms with Crippen molar-refractivity contribution < 1.29 is 0 Å². The van der Waals surface area contributed by atoms with Crippen molar-refractivity contribution in [1.29, 1.82) is 0 Å². The quantitative estimate of drug-likeness (QED) is 0.724. The van der Waals surface area contributed by atoms with Crippen LogP contribution in [0.25, 0.3) is 10.8 Å². The van der Waals surface area contributed by atoms with Crippen LogP contribution in [0.1, 0.15) is 18.3 Å². The number of nitrogens with one attached hydrogen (secondary N) is 1. The minimum absolute atomic E-state index is 0.741. The van der Waals surface area contributed by atoms with Crippen molar-refractivity contribution in [3.8, 4) is 0 Å². The van der Waals surface area contributed by atoms with E-state index in [0.717, 1.165) is 45.6 Å². The van der Waals surface area contributed by atoms with Crippen LogP contribution in [0.5, 0.6) is 0 Å². The van der Waals surface area contributed by atoms with Crippen LogP contribution < -0.4 is 11.1 Å². The lowest BCUT2D eigenvalue weighted by Crippen LogP contribution is -1.97. The summed E-state index contributed by atoms with van der Waals surface area (Å²) in [5, 5.41) is 9.98. The first-order valence-electron chi connectivity index (χ1n) is 7.03. The van der Waals surface area contributed by atoms with Crippen LogP contribution in [0.15, 0.2) is 30.6 Å². The fourth-order valence-corrected chi connectivity index (χ4v) is 2.52. The lowest BCUT2D eigenvalue weighted by molar-refractivity contribution is 0.746. The third-order valence-corrected chi connectivity index (χ3v) is 3.58. The molecule has 0 atom stereocenters. The maximum absolute atomic E-state index is 6.04. The van der Waals surface area contributed by atoms with E-state index in [4.69, 9.17) is 5.73 Å². The molecule has 0 unspecified atom stereocenters. The lowest BCUT2D eigenvalue weighted by Gasteiger charge is -2.11. The van der Waals surface area contributed by atoms with Crippen LogP contribution >= 0.6 is 0 Å². The predicted molar refractivity (Wildman–Crippen MR) is 86.8 cm³/mol. The minimum Gasteiger partial charge on any atom is -0.398 e. The van der Waals surface area contributed by atoms with Gasteiger partial charge in [0.1, 0.15) is 0 Å². The summed E-state index contributed by atoms with van der Waals surface area (Å²) in [6.07, 6.45) is 4.71. The summed E-state index contributed by atoms with van der Waals surface area (Å²) >= 11 is 0. The van der Waals surface area contributed by atoms with E-state index in [9.17, 15) is 0 Å². The molecule has 0 saturated carbocycles. The zero-order chi connectivity index (χ0) is 15.0. The largest absolute Gasteiger partial charge is 0.398 e.